The predicted octanol–water partition coefficient (Wildman–Crippen LogP) is 2.13. The highest BCUT2D eigenvalue weighted by molar-refractivity contribution is 7.90. The molecule has 1 aliphatic heterocycles. The van der Waals surface area contributed by atoms with Gasteiger partial charge in [0.1, 0.15) is 5.82 Å². The zero-order valence-corrected chi connectivity index (χ0v) is 18.0. The van der Waals surface area contributed by atoms with E-state index in [1.54, 1.807) is 18.2 Å². The highest BCUT2D eigenvalue weighted by Gasteiger charge is 2.30. The molecule has 1 fully saturated rings. The Morgan fingerprint density at radius 1 is 1.03 bits per heavy atom. The van der Waals surface area contributed by atoms with Gasteiger partial charge in [0.05, 0.1) is 11.1 Å². The van der Waals surface area contributed by atoms with Gasteiger partial charge in [-0.1, -0.05) is 17.7 Å². The minimum Gasteiger partial charge on any atom is -0.335 e. The molecule has 162 valence electrons. The van der Waals surface area contributed by atoms with E-state index in [0.29, 0.717) is 5.52 Å². The first-order valence-electron chi connectivity index (χ1n) is 9.37. The number of piperazine rings is 1. The van der Waals surface area contributed by atoms with E-state index >= 15 is 0 Å². The molecule has 2 amide bonds. The van der Waals surface area contributed by atoms with Crippen LogP contribution in [0, 0.1) is 5.82 Å². The normalized spacial score (nSPS) is 14.8. The Morgan fingerprint density at radius 2 is 1.68 bits per heavy atom. The molecule has 31 heavy (non-hydrogen) atoms. The van der Waals surface area contributed by atoms with E-state index in [2.05, 4.69) is 4.98 Å². The van der Waals surface area contributed by atoms with Gasteiger partial charge in [0.25, 0.3) is 11.8 Å². The van der Waals surface area contributed by atoms with Crippen molar-refractivity contribution < 1.29 is 22.4 Å². The van der Waals surface area contributed by atoms with Gasteiger partial charge in [0.15, 0.2) is 5.69 Å². The Morgan fingerprint density at radius 3 is 2.32 bits per heavy atom. The minimum absolute atomic E-state index is 0.0293. The molecule has 0 atom stereocenters. The molecule has 0 N–H and O–H groups in total. The smallest absolute Gasteiger partial charge is 0.274 e. The molecule has 11 heteroatoms. The number of fused-ring (bicyclic) bond motifs is 1. The Balaban J connectivity index is 1.54. The van der Waals surface area contributed by atoms with Gasteiger partial charge in [-0.25, -0.2) is 17.8 Å². The first-order valence-corrected chi connectivity index (χ1v) is 11.6. The molecule has 0 bridgehead atoms. The number of hydrogen-bond donors (Lipinski definition) is 0. The summed E-state index contributed by atoms with van der Waals surface area (Å²) < 4.78 is 39.5. The van der Waals surface area contributed by atoms with Gasteiger partial charge < -0.3 is 9.80 Å². The number of hydrogen-bond acceptors (Lipinski definition) is 5. The summed E-state index contributed by atoms with van der Waals surface area (Å²) >= 11 is 5.87. The summed E-state index contributed by atoms with van der Waals surface area (Å²) in [5.41, 5.74) is 0.291. The van der Waals surface area contributed by atoms with Crippen molar-refractivity contribution in [1.82, 2.24) is 19.2 Å². The van der Waals surface area contributed by atoms with Crippen LogP contribution in [-0.4, -0.2) is 71.9 Å². The fraction of sp³-hybridized carbons (Fsp3) is 0.250. The number of pyridine rings is 1. The van der Waals surface area contributed by atoms with Gasteiger partial charge in [-0.05, 0) is 30.3 Å². The van der Waals surface area contributed by atoms with Crippen LogP contribution < -0.4 is 0 Å². The lowest BCUT2D eigenvalue weighted by molar-refractivity contribution is 0.0531. The standard InChI is InChI=1S/C20H18ClFN4O4S/c1-31(29,30)20-23-17(16-4-2-3-7-26(16)20)19(28)25-10-8-24(9-11-25)18(27)14-12-13(21)5-6-15(14)22/h2-7,12H,8-11H2,1H3. The van der Waals surface area contributed by atoms with E-state index in [4.69, 9.17) is 11.6 Å². The highest BCUT2D eigenvalue weighted by Crippen LogP contribution is 2.21. The quantitative estimate of drug-likeness (QED) is 0.592. The zero-order valence-electron chi connectivity index (χ0n) is 16.5. The van der Waals surface area contributed by atoms with Crippen molar-refractivity contribution in [3.05, 3.63) is 64.7 Å². The lowest BCUT2D eigenvalue weighted by Gasteiger charge is -2.34. The Hall–Kier alpha value is -2.98. The lowest BCUT2D eigenvalue weighted by Crippen LogP contribution is -2.50. The maximum atomic E-state index is 14.0. The molecule has 3 heterocycles. The number of amides is 2. The average Bonchev–Trinajstić information content (AvgIpc) is 3.15. The highest BCUT2D eigenvalue weighted by atomic mass is 35.5. The average molecular weight is 465 g/mol. The van der Waals surface area contributed by atoms with Crippen molar-refractivity contribution in [1.29, 1.82) is 0 Å². The van der Waals surface area contributed by atoms with E-state index in [1.807, 2.05) is 0 Å². The SMILES string of the molecule is CS(=O)(=O)c1nc(C(=O)N2CCN(C(=O)c3cc(Cl)ccc3F)CC2)c2ccccn12. The molecule has 2 aromatic heterocycles. The maximum absolute atomic E-state index is 14.0. The third-order valence-electron chi connectivity index (χ3n) is 5.06. The van der Waals surface area contributed by atoms with Crippen LogP contribution in [0.15, 0.2) is 47.8 Å². The molecule has 0 unspecified atom stereocenters. The first kappa shape index (κ1) is 21.3. The van der Waals surface area contributed by atoms with Crippen molar-refractivity contribution in [2.45, 2.75) is 5.16 Å². The predicted molar refractivity (Wildman–Crippen MR) is 112 cm³/mol. The molecular formula is C20H18ClFN4O4S. The van der Waals surface area contributed by atoms with Crippen molar-refractivity contribution in [2.75, 3.05) is 32.4 Å². The van der Waals surface area contributed by atoms with E-state index < -0.39 is 27.5 Å². The maximum Gasteiger partial charge on any atom is 0.274 e. The molecule has 8 nitrogen and oxygen atoms in total. The number of rotatable bonds is 3. The largest absolute Gasteiger partial charge is 0.335 e. The second-order valence-electron chi connectivity index (χ2n) is 7.18. The number of carbonyl (C=O) groups excluding carboxylic acids is 2. The summed E-state index contributed by atoms with van der Waals surface area (Å²) in [6.07, 6.45) is 2.56. The van der Waals surface area contributed by atoms with Crippen LogP contribution in [0.25, 0.3) is 5.52 Å². The molecule has 0 aliphatic carbocycles. The van der Waals surface area contributed by atoms with Crippen molar-refractivity contribution in [3.8, 4) is 0 Å². The fourth-order valence-electron chi connectivity index (χ4n) is 3.52. The number of imidazole rings is 1. The van der Waals surface area contributed by atoms with Crippen LogP contribution in [0.3, 0.4) is 0 Å². The first-order chi connectivity index (χ1) is 14.7. The van der Waals surface area contributed by atoms with Crippen LogP contribution >= 0.6 is 11.6 Å². The summed E-state index contributed by atoms with van der Waals surface area (Å²) in [5, 5.41) is 0.0450. The molecule has 0 saturated carbocycles. The second-order valence-corrected chi connectivity index (χ2v) is 9.53. The molecule has 1 saturated heterocycles. The number of aromatic nitrogens is 2. The van der Waals surface area contributed by atoms with Gasteiger partial charge in [0.2, 0.25) is 15.0 Å². The van der Waals surface area contributed by atoms with Gasteiger partial charge in [-0.2, -0.15) is 0 Å². The van der Waals surface area contributed by atoms with Crippen LogP contribution in [-0.2, 0) is 9.84 Å². The Kier molecular flexibility index (Phi) is 5.44. The number of benzene rings is 1. The molecule has 3 aromatic rings. The number of sulfone groups is 1. The van der Waals surface area contributed by atoms with Crippen LogP contribution in [0.4, 0.5) is 4.39 Å². The summed E-state index contributed by atoms with van der Waals surface area (Å²) in [4.78, 5) is 32.8. The summed E-state index contributed by atoms with van der Waals surface area (Å²) in [7, 11) is -3.65. The van der Waals surface area contributed by atoms with Crippen molar-refractivity contribution in [2.24, 2.45) is 0 Å². The fourth-order valence-corrected chi connectivity index (χ4v) is 4.47. The third-order valence-corrected chi connectivity index (χ3v) is 6.25. The van der Waals surface area contributed by atoms with Gasteiger partial charge in [-0.15, -0.1) is 0 Å². The van der Waals surface area contributed by atoms with E-state index in [-0.39, 0.29) is 47.6 Å². The molecule has 4 rings (SSSR count). The van der Waals surface area contributed by atoms with Gasteiger partial charge >= 0.3 is 0 Å². The van der Waals surface area contributed by atoms with Gasteiger partial charge in [0, 0.05) is 43.7 Å². The Bertz CT molecular complexity index is 1300. The zero-order chi connectivity index (χ0) is 22.3. The minimum atomic E-state index is -3.65. The summed E-state index contributed by atoms with van der Waals surface area (Å²) in [6, 6.07) is 8.74. The van der Waals surface area contributed by atoms with Crippen LogP contribution in [0.2, 0.25) is 5.02 Å². The van der Waals surface area contributed by atoms with Crippen molar-refractivity contribution in [3.63, 3.8) is 0 Å². The van der Waals surface area contributed by atoms with Gasteiger partial charge in [-0.3, -0.25) is 14.0 Å². The summed E-state index contributed by atoms with van der Waals surface area (Å²) in [5.74, 6) is -1.59. The van der Waals surface area contributed by atoms with Crippen LogP contribution in [0.1, 0.15) is 20.8 Å². The third kappa shape index (κ3) is 4.00. The molecule has 1 aliphatic rings. The number of halogens is 2. The van der Waals surface area contributed by atoms with Crippen LogP contribution in [0.5, 0.6) is 0 Å². The number of nitrogens with zero attached hydrogens (tertiary/aromatic N) is 4. The van der Waals surface area contributed by atoms with E-state index in [9.17, 15) is 22.4 Å². The lowest BCUT2D eigenvalue weighted by atomic mass is 10.1. The van der Waals surface area contributed by atoms with E-state index in [0.717, 1.165) is 12.3 Å². The summed E-state index contributed by atoms with van der Waals surface area (Å²) in [6.45, 7) is 0.794. The monoisotopic (exact) mass is 464 g/mol. The van der Waals surface area contributed by atoms with E-state index in [1.165, 1.54) is 32.5 Å². The van der Waals surface area contributed by atoms with Crippen molar-refractivity contribution >= 4 is 38.8 Å². The topological polar surface area (TPSA) is 92.1 Å². The number of carbonyl (C=O) groups is 2. The molecule has 1 aromatic carbocycles. The Labute approximate surface area is 182 Å². The molecule has 0 radical (unpaired) electrons. The second kappa shape index (κ2) is 7.93. The molecular weight excluding hydrogens is 447 g/mol. The molecule has 0 spiro atoms.